The molecule has 2 rings (SSSR count). The van der Waals surface area contributed by atoms with Crippen LogP contribution in [0, 0.1) is 6.92 Å². The first-order valence-corrected chi connectivity index (χ1v) is 6.12. The van der Waals surface area contributed by atoms with Crippen molar-refractivity contribution in [2.75, 3.05) is 20.1 Å². The minimum atomic E-state index is -0.120. The van der Waals surface area contributed by atoms with E-state index >= 15 is 0 Å². The molecule has 1 aromatic rings. The lowest BCUT2D eigenvalue weighted by molar-refractivity contribution is 0.0958. The number of hydrogen-bond acceptors (Lipinski definition) is 3. The molecular weight excluding hydrogens is 214 g/mol. The topological polar surface area (TPSA) is 54.0 Å². The van der Waals surface area contributed by atoms with Crippen molar-refractivity contribution in [3.8, 4) is 0 Å². The Morgan fingerprint density at radius 2 is 2.12 bits per heavy atom. The Bertz CT molecular complexity index is 411. The zero-order valence-corrected chi connectivity index (χ0v) is 10.4. The average Bonchev–Trinajstić information content (AvgIpc) is 2.38. The quantitative estimate of drug-likeness (QED) is 0.807. The predicted octanol–water partition coefficient (Wildman–Crippen LogP) is 1.22. The fourth-order valence-corrected chi connectivity index (χ4v) is 2.39. The average molecular weight is 233 g/mol. The molecule has 0 atom stereocenters. The highest BCUT2D eigenvalue weighted by Gasteiger charge is 2.18. The summed E-state index contributed by atoms with van der Waals surface area (Å²) in [5.41, 5.74) is 2.78. The number of carbonyl (C=O) groups excluding carboxylic acids is 1. The predicted molar refractivity (Wildman–Crippen MR) is 67.2 cm³/mol. The number of carbonyl (C=O) groups is 1. The van der Waals surface area contributed by atoms with E-state index in [1.54, 1.807) is 7.05 Å². The molecule has 1 aliphatic heterocycles. The highest BCUT2D eigenvalue weighted by molar-refractivity contribution is 5.92. The summed E-state index contributed by atoms with van der Waals surface area (Å²) in [6.45, 7) is 4.13. The highest BCUT2D eigenvalue weighted by Crippen LogP contribution is 2.27. The van der Waals surface area contributed by atoms with Gasteiger partial charge in [-0.1, -0.05) is 6.07 Å². The Hall–Kier alpha value is -1.42. The number of nitrogens with one attached hydrogen (secondary N) is 2. The van der Waals surface area contributed by atoms with Gasteiger partial charge in [-0.3, -0.25) is 4.79 Å². The van der Waals surface area contributed by atoms with Crippen LogP contribution in [0.4, 0.5) is 0 Å². The summed E-state index contributed by atoms with van der Waals surface area (Å²) in [4.78, 5) is 15.9. The molecule has 1 aliphatic rings. The van der Waals surface area contributed by atoms with E-state index in [-0.39, 0.29) is 5.91 Å². The summed E-state index contributed by atoms with van der Waals surface area (Å²) >= 11 is 0. The summed E-state index contributed by atoms with van der Waals surface area (Å²) in [5.74, 6) is 0.465. The Labute approximate surface area is 102 Å². The molecule has 0 radical (unpaired) electrons. The van der Waals surface area contributed by atoms with E-state index < -0.39 is 0 Å². The molecule has 4 heteroatoms. The third-order valence-electron chi connectivity index (χ3n) is 3.37. The smallest absolute Gasteiger partial charge is 0.269 e. The molecule has 1 saturated heterocycles. The van der Waals surface area contributed by atoms with Crippen LogP contribution in [0.15, 0.2) is 12.1 Å². The van der Waals surface area contributed by atoms with E-state index in [0.717, 1.165) is 31.6 Å². The first-order chi connectivity index (χ1) is 8.22. The normalized spacial score (nSPS) is 16.8. The van der Waals surface area contributed by atoms with Crippen molar-refractivity contribution in [3.05, 3.63) is 29.1 Å². The molecular formula is C13H19N3O. The highest BCUT2D eigenvalue weighted by atomic mass is 16.1. The van der Waals surface area contributed by atoms with E-state index in [1.165, 1.54) is 5.56 Å². The summed E-state index contributed by atoms with van der Waals surface area (Å²) in [6.07, 6.45) is 2.31. The third-order valence-corrected chi connectivity index (χ3v) is 3.37. The summed E-state index contributed by atoms with van der Waals surface area (Å²) in [6, 6.07) is 3.88. The molecule has 2 N–H and O–H groups in total. The molecule has 17 heavy (non-hydrogen) atoms. The van der Waals surface area contributed by atoms with Gasteiger partial charge in [-0.05, 0) is 50.4 Å². The molecule has 0 aliphatic carbocycles. The third kappa shape index (κ3) is 2.64. The fraction of sp³-hybridized carbons (Fsp3) is 0.538. The second kappa shape index (κ2) is 5.27. The van der Waals surface area contributed by atoms with Crippen LogP contribution in [0.3, 0.4) is 0 Å². The van der Waals surface area contributed by atoms with Crippen LogP contribution in [0.5, 0.6) is 0 Å². The van der Waals surface area contributed by atoms with Gasteiger partial charge in [0.1, 0.15) is 5.69 Å². The van der Waals surface area contributed by atoms with Gasteiger partial charge >= 0.3 is 0 Å². The second-order valence-corrected chi connectivity index (χ2v) is 4.47. The molecule has 0 spiro atoms. The van der Waals surface area contributed by atoms with Crippen molar-refractivity contribution < 1.29 is 4.79 Å². The zero-order valence-electron chi connectivity index (χ0n) is 10.4. The molecule has 0 bridgehead atoms. The number of pyridine rings is 1. The van der Waals surface area contributed by atoms with Crippen molar-refractivity contribution in [2.45, 2.75) is 25.7 Å². The van der Waals surface area contributed by atoms with Crippen LogP contribution < -0.4 is 10.6 Å². The van der Waals surface area contributed by atoms with E-state index in [2.05, 4.69) is 21.7 Å². The van der Waals surface area contributed by atoms with Gasteiger partial charge in [-0.25, -0.2) is 4.98 Å². The zero-order chi connectivity index (χ0) is 12.3. The van der Waals surface area contributed by atoms with Crippen LogP contribution >= 0.6 is 0 Å². The Kier molecular flexibility index (Phi) is 3.74. The van der Waals surface area contributed by atoms with Crippen molar-refractivity contribution in [1.82, 2.24) is 15.6 Å². The number of rotatable bonds is 2. The maximum atomic E-state index is 11.5. The van der Waals surface area contributed by atoms with Gasteiger partial charge in [-0.15, -0.1) is 0 Å². The molecule has 4 nitrogen and oxygen atoms in total. The molecule has 0 saturated carbocycles. The molecule has 1 amide bonds. The number of aromatic nitrogens is 1. The standard InChI is InChI=1S/C13H19N3O/c1-9-11(10-5-7-15-8-6-10)3-4-12(16-9)13(17)14-2/h3-4,10,15H,5-8H2,1-2H3,(H,14,17). The summed E-state index contributed by atoms with van der Waals surface area (Å²) in [5, 5.41) is 5.95. The van der Waals surface area contributed by atoms with Crippen LogP contribution in [0.25, 0.3) is 0 Å². The van der Waals surface area contributed by atoms with Gasteiger partial charge < -0.3 is 10.6 Å². The number of piperidine rings is 1. The van der Waals surface area contributed by atoms with Crippen LogP contribution in [0.2, 0.25) is 0 Å². The van der Waals surface area contributed by atoms with Crippen molar-refractivity contribution in [2.24, 2.45) is 0 Å². The molecule has 2 heterocycles. The number of aryl methyl sites for hydroxylation is 1. The Morgan fingerprint density at radius 1 is 1.41 bits per heavy atom. The van der Waals surface area contributed by atoms with Crippen LogP contribution in [0.1, 0.15) is 40.5 Å². The Morgan fingerprint density at radius 3 is 2.71 bits per heavy atom. The lowest BCUT2D eigenvalue weighted by Crippen LogP contribution is -2.27. The van der Waals surface area contributed by atoms with Crippen molar-refractivity contribution in [3.63, 3.8) is 0 Å². The van der Waals surface area contributed by atoms with Gasteiger partial charge in [0, 0.05) is 12.7 Å². The first-order valence-electron chi connectivity index (χ1n) is 6.12. The van der Waals surface area contributed by atoms with E-state index in [9.17, 15) is 4.79 Å². The molecule has 0 unspecified atom stereocenters. The van der Waals surface area contributed by atoms with Crippen molar-refractivity contribution >= 4 is 5.91 Å². The monoisotopic (exact) mass is 233 g/mol. The largest absolute Gasteiger partial charge is 0.354 e. The van der Waals surface area contributed by atoms with Gasteiger partial charge in [0.05, 0.1) is 0 Å². The van der Waals surface area contributed by atoms with Crippen LogP contribution in [-0.2, 0) is 0 Å². The summed E-state index contributed by atoms with van der Waals surface area (Å²) < 4.78 is 0. The van der Waals surface area contributed by atoms with E-state index in [4.69, 9.17) is 0 Å². The lowest BCUT2D eigenvalue weighted by atomic mass is 9.89. The molecule has 1 aromatic heterocycles. The summed E-state index contributed by atoms with van der Waals surface area (Å²) in [7, 11) is 1.63. The molecule has 0 aromatic carbocycles. The minimum Gasteiger partial charge on any atom is -0.354 e. The van der Waals surface area contributed by atoms with Gasteiger partial charge in [0.25, 0.3) is 5.91 Å². The van der Waals surface area contributed by atoms with Crippen LogP contribution in [-0.4, -0.2) is 31.0 Å². The van der Waals surface area contributed by atoms with Crippen molar-refractivity contribution in [1.29, 1.82) is 0 Å². The molecule has 92 valence electrons. The van der Waals surface area contributed by atoms with E-state index in [1.807, 2.05) is 13.0 Å². The maximum absolute atomic E-state index is 11.5. The SMILES string of the molecule is CNC(=O)c1ccc(C2CCNCC2)c(C)n1. The second-order valence-electron chi connectivity index (χ2n) is 4.47. The number of amides is 1. The first kappa shape index (κ1) is 12.0. The van der Waals surface area contributed by atoms with Gasteiger partial charge in [0.15, 0.2) is 0 Å². The fourth-order valence-electron chi connectivity index (χ4n) is 2.39. The maximum Gasteiger partial charge on any atom is 0.269 e. The van der Waals surface area contributed by atoms with Gasteiger partial charge in [-0.2, -0.15) is 0 Å². The number of nitrogens with zero attached hydrogens (tertiary/aromatic N) is 1. The Balaban J connectivity index is 2.21. The lowest BCUT2D eigenvalue weighted by Gasteiger charge is -2.24. The molecule has 1 fully saturated rings. The van der Waals surface area contributed by atoms with Gasteiger partial charge in [0.2, 0.25) is 0 Å². The van der Waals surface area contributed by atoms with E-state index in [0.29, 0.717) is 11.6 Å². The number of hydrogen-bond donors (Lipinski definition) is 2. The minimum absolute atomic E-state index is 0.120.